The number of pyridine rings is 2. The highest BCUT2D eigenvalue weighted by Crippen LogP contribution is 2.11. The van der Waals surface area contributed by atoms with E-state index in [0.717, 1.165) is 0 Å². The van der Waals surface area contributed by atoms with E-state index in [4.69, 9.17) is 10.5 Å². The fourth-order valence-corrected chi connectivity index (χ4v) is 2.31. The predicted molar refractivity (Wildman–Crippen MR) is 122 cm³/mol. The maximum absolute atomic E-state index is 11.7. The van der Waals surface area contributed by atoms with Gasteiger partial charge in [-0.15, -0.1) is 0 Å². The standard InChI is InChI=1S/C12H13N3O3.C11H11N3O3/c1-15(11(16)5-6-12(17)18-2)10-4-3-9(7-13)8-14-10;1-17-11(16)5-4-10(15)14-9-3-2-8(6-12)7-13-9/h3-4,8H,5-6H2,1-2H3;2-3,7H,4-5H2,1H3,(H,13,14,15). The number of hydrogen-bond acceptors (Lipinski definition) is 10. The lowest BCUT2D eigenvalue weighted by Gasteiger charge is -2.15. The molecule has 1 N–H and O–H groups in total. The molecule has 0 radical (unpaired) electrons. The Kier molecular flexibility index (Phi) is 12.1. The number of methoxy groups -OCH3 is 2. The van der Waals surface area contributed by atoms with Gasteiger partial charge < -0.3 is 14.8 Å². The van der Waals surface area contributed by atoms with Crippen molar-refractivity contribution in [3.63, 3.8) is 0 Å². The number of carbonyl (C=O) groups is 4. The van der Waals surface area contributed by atoms with Crippen LogP contribution in [0, 0.1) is 22.7 Å². The van der Waals surface area contributed by atoms with Crippen molar-refractivity contribution in [2.75, 3.05) is 31.5 Å². The van der Waals surface area contributed by atoms with E-state index in [9.17, 15) is 19.2 Å². The lowest BCUT2D eigenvalue weighted by Crippen LogP contribution is -2.27. The van der Waals surface area contributed by atoms with Crippen molar-refractivity contribution in [1.82, 2.24) is 9.97 Å². The van der Waals surface area contributed by atoms with Gasteiger partial charge in [0, 0.05) is 32.3 Å². The first-order valence-corrected chi connectivity index (χ1v) is 10.2. The molecule has 0 saturated heterocycles. The summed E-state index contributed by atoms with van der Waals surface area (Å²) in [5.74, 6) is -0.648. The molecule has 2 heterocycles. The lowest BCUT2D eigenvalue weighted by atomic mass is 10.2. The summed E-state index contributed by atoms with van der Waals surface area (Å²) in [7, 11) is 4.11. The van der Waals surface area contributed by atoms with E-state index in [0.29, 0.717) is 22.8 Å². The molecule has 0 aliphatic carbocycles. The normalized spacial score (nSPS) is 9.29. The van der Waals surface area contributed by atoms with Crippen LogP contribution in [0.2, 0.25) is 0 Å². The molecule has 0 bridgehead atoms. The number of carbonyl (C=O) groups excluding carboxylic acids is 4. The van der Waals surface area contributed by atoms with E-state index < -0.39 is 11.9 Å². The van der Waals surface area contributed by atoms with Crippen molar-refractivity contribution < 1.29 is 28.7 Å². The minimum absolute atomic E-state index is 0.0264. The van der Waals surface area contributed by atoms with Crippen LogP contribution >= 0.6 is 0 Å². The number of amides is 2. The summed E-state index contributed by atoms with van der Waals surface area (Å²) < 4.78 is 8.87. The van der Waals surface area contributed by atoms with E-state index in [1.165, 1.54) is 37.6 Å². The van der Waals surface area contributed by atoms with Crippen LogP contribution in [0.4, 0.5) is 11.6 Å². The lowest BCUT2D eigenvalue weighted by molar-refractivity contribution is -0.142. The van der Waals surface area contributed by atoms with E-state index in [2.05, 4.69) is 24.8 Å². The van der Waals surface area contributed by atoms with Crippen LogP contribution in [0.5, 0.6) is 0 Å². The van der Waals surface area contributed by atoms with Gasteiger partial charge in [-0.1, -0.05) is 0 Å². The predicted octanol–water partition coefficient (Wildman–Crippen LogP) is 1.71. The van der Waals surface area contributed by atoms with Crippen molar-refractivity contribution in [1.29, 1.82) is 10.5 Å². The Morgan fingerprint density at radius 3 is 1.86 bits per heavy atom. The third kappa shape index (κ3) is 10.5. The number of esters is 2. The van der Waals surface area contributed by atoms with Crippen LogP contribution in [0.3, 0.4) is 0 Å². The first kappa shape index (κ1) is 28.2. The molecule has 0 spiro atoms. The molecule has 2 amide bonds. The molecular weight excluding hydrogens is 456 g/mol. The van der Waals surface area contributed by atoms with Gasteiger partial charge in [0.1, 0.15) is 23.8 Å². The SMILES string of the molecule is COC(=O)CCC(=O)N(C)c1ccc(C#N)cn1.COC(=O)CCC(=O)Nc1ccc(C#N)cn1. The van der Waals surface area contributed by atoms with Crippen molar-refractivity contribution in [2.24, 2.45) is 0 Å². The minimum Gasteiger partial charge on any atom is -0.469 e. The summed E-state index contributed by atoms with van der Waals surface area (Å²) in [6.07, 6.45) is 2.91. The van der Waals surface area contributed by atoms with Gasteiger partial charge >= 0.3 is 11.9 Å². The van der Waals surface area contributed by atoms with Crippen LogP contribution in [0.25, 0.3) is 0 Å². The van der Waals surface area contributed by atoms with Gasteiger partial charge in [0.2, 0.25) is 11.8 Å². The highest BCUT2D eigenvalue weighted by atomic mass is 16.5. The van der Waals surface area contributed by atoms with E-state index >= 15 is 0 Å². The van der Waals surface area contributed by atoms with Crippen LogP contribution in [0.1, 0.15) is 36.8 Å². The fraction of sp³-hybridized carbons (Fsp3) is 0.304. The number of ether oxygens (including phenoxy) is 2. The molecule has 0 aliphatic rings. The van der Waals surface area contributed by atoms with Crippen LogP contribution in [-0.2, 0) is 28.7 Å². The average Bonchev–Trinajstić information content (AvgIpc) is 2.90. The zero-order valence-corrected chi connectivity index (χ0v) is 19.5. The van der Waals surface area contributed by atoms with Crippen molar-refractivity contribution >= 4 is 35.4 Å². The summed E-state index contributed by atoms with van der Waals surface area (Å²) in [5, 5.41) is 19.7. The smallest absolute Gasteiger partial charge is 0.306 e. The summed E-state index contributed by atoms with van der Waals surface area (Å²) in [6.45, 7) is 0. The molecule has 2 aromatic rings. The largest absolute Gasteiger partial charge is 0.469 e. The van der Waals surface area contributed by atoms with Gasteiger partial charge in [0.05, 0.1) is 38.2 Å². The van der Waals surface area contributed by atoms with Crippen molar-refractivity contribution in [3.05, 3.63) is 47.8 Å². The van der Waals surface area contributed by atoms with Crippen molar-refractivity contribution in [3.8, 4) is 12.1 Å². The zero-order chi connectivity index (χ0) is 26.2. The molecule has 2 rings (SSSR count). The Hall–Kier alpha value is -4.84. The Balaban J connectivity index is 0.000000351. The van der Waals surface area contributed by atoms with Gasteiger partial charge in [0.15, 0.2) is 0 Å². The van der Waals surface area contributed by atoms with E-state index in [1.807, 2.05) is 12.1 Å². The monoisotopic (exact) mass is 480 g/mol. The minimum atomic E-state index is -0.437. The molecular formula is C23H24N6O6. The zero-order valence-electron chi connectivity index (χ0n) is 19.5. The average molecular weight is 480 g/mol. The quantitative estimate of drug-likeness (QED) is 0.547. The van der Waals surface area contributed by atoms with Gasteiger partial charge in [-0.25, -0.2) is 9.97 Å². The third-order valence-corrected chi connectivity index (χ3v) is 4.31. The second kappa shape index (κ2) is 15.1. The van der Waals surface area contributed by atoms with Gasteiger partial charge in [-0.05, 0) is 24.3 Å². The van der Waals surface area contributed by atoms with Crippen LogP contribution in [0.15, 0.2) is 36.7 Å². The molecule has 35 heavy (non-hydrogen) atoms. The molecule has 0 unspecified atom stereocenters. The molecule has 12 heteroatoms. The summed E-state index contributed by atoms with van der Waals surface area (Å²) >= 11 is 0. The van der Waals surface area contributed by atoms with Crippen molar-refractivity contribution in [2.45, 2.75) is 25.7 Å². The van der Waals surface area contributed by atoms with Gasteiger partial charge in [-0.3, -0.25) is 24.1 Å². The Morgan fingerprint density at radius 2 is 1.40 bits per heavy atom. The molecule has 0 fully saturated rings. The first-order valence-electron chi connectivity index (χ1n) is 10.2. The number of aromatic nitrogens is 2. The molecule has 12 nitrogen and oxygen atoms in total. The summed E-state index contributed by atoms with van der Waals surface area (Å²) in [5.41, 5.74) is 0.840. The number of nitriles is 2. The maximum Gasteiger partial charge on any atom is 0.306 e. The number of anilines is 2. The number of nitrogens with zero attached hydrogens (tertiary/aromatic N) is 5. The molecule has 182 valence electrons. The Bertz CT molecular complexity index is 1100. The van der Waals surface area contributed by atoms with Gasteiger partial charge in [-0.2, -0.15) is 10.5 Å². The Morgan fingerprint density at radius 1 is 0.857 bits per heavy atom. The molecule has 0 atom stereocenters. The third-order valence-electron chi connectivity index (χ3n) is 4.31. The second-order valence-corrected chi connectivity index (χ2v) is 6.71. The fourth-order valence-electron chi connectivity index (χ4n) is 2.31. The highest BCUT2D eigenvalue weighted by molar-refractivity contribution is 5.93. The van der Waals surface area contributed by atoms with Crippen LogP contribution in [-0.4, -0.2) is 55.0 Å². The van der Waals surface area contributed by atoms with Gasteiger partial charge in [0.25, 0.3) is 0 Å². The summed E-state index contributed by atoms with van der Waals surface area (Å²) in [4.78, 5) is 54.0. The molecule has 0 aliphatic heterocycles. The maximum atomic E-state index is 11.7. The first-order chi connectivity index (χ1) is 16.7. The van der Waals surface area contributed by atoms with E-state index in [1.54, 1.807) is 25.2 Å². The molecule has 0 saturated carbocycles. The number of nitrogens with one attached hydrogen (secondary N) is 1. The second-order valence-electron chi connectivity index (χ2n) is 6.71. The summed E-state index contributed by atoms with van der Waals surface area (Å²) in [6, 6.07) is 10.1. The van der Waals surface area contributed by atoms with Crippen LogP contribution < -0.4 is 10.2 Å². The number of hydrogen-bond donors (Lipinski definition) is 1. The molecule has 2 aromatic heterocycles. The molecule has 0 aromatic carbocycles. The topological polar surface area (TPSA) is 175 Å². The Labute approximate surface area is 202 Å². The van der Waals surface area contributed by atoms with E-state index in [-0.39, 0.29) is 37.5 Å². The number of rotatable bonds is 8. The highest BCUT2D eigenvalue weighted by Gasteiger charge is 2.14.